The third-order valence-electron chi connectivity index (χ3n) is 1.23. The molecule has 0 bridgehead atoms. The van der Waals surface area contributed by atoms with Crippen LogP contribution in [0.4, 0.5) is 0 Å². The molecule has 0 aliphatic carbocycles. The highest BCUT2D eigenvalue weighted by atomic mass is 35.5. The second-order valence-electron chi connectivity index (χ2n) is 2.15. The molecular weight excluding hydrogens is 164 g/mol. The summed E-state index contributed by atoms with van der Waals surface area (Å²) in [5.74, 6) is 4.70. The summed E-state index contributed by atoms with van der Waals surface area (Å²) < 4.78 is 0. The van der Waals surface area contributed by atoms with Gasteiger partial charge in [-0.05, 0) is 13.3 Å². The number of carbonyl (C=O) groups excluding carboxylic acids is 1. The van der Waals surface area contributed by atoms with Gasteiger partial charge in [-0.1, -0.05) is 19.4 Å². The van der Waals surface area contributed by atoms with Gasteiger partial charge >= 0.3 is 0 Å². The standard InChI is InChI=1S/C7H14N2O.ClH/c1-3-4-5-6(2)7(10)9-8;/h5H,3-4,8H2,1-2H3,(H,9,10);1H. The third kappa shape index (κ3) is 5.88. The van der Waals surface area contributed by atoms with Gasteiger partial charge in [0.25, 0.3) is 5.91 Å². The Morgan fingerprint density at radius 1 is 1.64 bits per heavy atom. The van der Waals surface area contributed by atoms with E-state index in [1.54, 1.807) is 6.92 Å². The number of unbranched alkanes of at least 4 members (excludes halogenated alkanes) is 1. The van der Waals surface area contributed by atoms with Crippen LogP contribution in [0, 0.1) is 0 Å². The molecule has 1 amide bonds. The first kappa shape index (κ1) is 13.1. The highest BCUT2D eigenvalue weighted by molar-refractivity contribution is 5.92. The number of rotatable bonds is 3. The molecule has 0 rings (SSSR count). The maximum absolute atomic E-state index is 10.7. The molecule has 3 N–H and O–H groups in total. The van der Waals surface area contributed by atoms with Gasteiger partial charge in [0.2, 0.25) is 0 Å². The molecule has 11 heavy (non-hydrogen) atoms. The zero-order chi connectivity index (χ0) is 7.98. The molecule has 0 saturated carbocycles. The molecule has 0 aliphatic rings. The van der Waals surface area contributed by atoms with Crippen molar-refractivity contribution in [3.8, 4) is 0 Å². The summed E-state index contributed by atoms with van der Waals surface area (Å²) in [6.07, 6.45) is 3.86. The number of hydrazine groups is 1. The fourth-order valence-electron chi connectivity index (χ4n) is 0.567. The minimum absolute atomic E-state index is 0. The van der Waals surface area contributed by atoms with E-state index in [0.717, 1.165) is 12.8 Å². The van der Waals surface area contributed by atoms with Crippen LogP contribution in [0.25, 0.3) is 0 Å². The minimum Gasteiger partial charge on any atom is -0.290 e. The van der Waals surface area contributed by atoms with Crippen molar-refractivity contribution >= 4 is 18.3 Å². The van der Waals surface area contributed by atoms with Crippen LogP contribution in [0.1, 0.15) is 26.7 Å². The van der Waals surface area contributed by atoms with Crippen molar-refractivity contribution in [1.29, 1.82) is 0 Å². The topological polar surface area (TPSA) is 55.1 Å². The summed E-state index contributed by atoms with van der Waals surface area (Å²) >= 11 is 0. The molecule has 0 spiro atoms. The fraction of sp³-hybridized carbons (Fsp3) is 0.571. The number of nitrogens with one attached hydrogen (secondary N) is 1. The van der Waals surface area contributed by atoms with Crippen molar-refractivity contribution in [1.82, 2.24) is 5.43 Å². The minimum atomic E-state index is -0.201. The zero-order valence-corrected chi connectivity index (χ0v) is 7.70. The van der Waals surface area contributed by atoms with E-state index in [-0.39, 0.29) is 18.3 Å². The molecule has 4 heteroatoms. The maximum atomic E-state index is 10.7. The zero-order valence-electron chi connectivity index (χ0n) is 6.89. The number of hydrogen-bond acceptors (Lipinski definition) is 2. The Bertz CT molecular complexity index is 145. The van der Waals surface area contributed by atoms with Crippen molar-refractivity contribution in [2.45, 2.75) is 26.7 Å². The Balaban J connectivity index is 0. The predicted octanol–water partition coefficient (Wildman–Crippen LogP) is 1.14. The number of nitrogens with two attached hydrogens (primary N) is 1. The van der Waals surface area contributed by atoms with Crippen LogP contribution < -0.4 is 11.3 Å². The molecule has 0 radical (unpaired) electrons. The first-order valence-electron chi connectivity index (χ1n) is 3.40. The maximum Gasteiger partial charge on any atom is 0.260 e. The highest BCUT2D eigenvalue weighted by Gasteiger charge is 1.97. The fourth-order valence-corrected chi connectivity index (χ4v) is 0.567. The highest BCUT2D eigenvalue weighted by Crippen LogP contribution is 1.96. The van der Waals surface area contributed by atoms with Gasteiger partial charge in [-0.15, -0.1) is 12.4 Å². The number of amides is 1. The van der Waals surface area contributed by atoms with Gasteiger partial charge in [-0.3, -0.25) is 10.2 Å². The summed E-state index contributed by atoms with van der Waals surface area (Å²) in [7, 11) is 0. The van der Waals surface area contributed by atoms with E-state index in [1.165, 1.54) is 0 Å². The van der Waals surface area contributed by atoms with Crippen LogP contribution in [0.3, 0.4) is 0 Å². The summed E-state index contributed by atoms with van der Waals surface area (Å²) in [6, 6.07) is 0. The predicted molar refractivity (Wildman–Crippen MR) is 48.2 cm³/mol. The van der Waals surface area contributed by atoms with E-state index in [1.807, 2.05) is 6.08 Å². The number of halogens is 1. The van der Waals surface area contributed by atoms with Crippen molar-refractivity contribution in [3.05, 3.63) is 11.6 Å². The van der Waals surface area contributed by atoms with Crippen LogP contribution in [-0.2, 0) is 4.79 Å². The summed E-state index contributed by atoms with van der Waals surface area (Å²) in [6.45, 7) is 3.81. The Morgan fingerprint density at radius 3 is 2.55 bits per heavy atom. The molecule has 66 valence electrons. The summed E-state index contributed by atoms with van der Waals surface area (Å²) in [5.41, 5.74) is 2.75. The van der Waals surface area contributed by atoms with E-state index in [0.29, 0.717) is 5.57 Å². The van der Waals surface area contributed by atoms with Crippen molar-refractivity contribution < 1.29 is 4.79 Å². The molecule has 0 saturated heterocycles. The first-order chi connectivity index (χ1) is 4.72. The van der Waals surface area contributed by atoms with Gasteiger partial charge in [0.15, 0.2) is 0 Å². The molecular formula is C7H15ClN2O. The Morgan fingerprint density at radius 2 is 2.18 bits per heavy atom. The molecule has 0 aromatic rings. The Kier molecular flexibility index (Phi) is 9.00. The third-order valence-corrected chi connectivity index (χ3v) is 1.23. The van der Waals surface area contributed by atoms with Crippen LogP contribution in [0.5, 0.6) is 0 Å². The van der Waals surface area contributed by atoms with Crippen LogP contribution in [0.2, 0.25) is 0 Å². The molecule has 0 aromatic carbocycles. The lowest BCUT2D eigenvalue weighted by Crippen LogP contribution is -2.30. The van der Waals surface area contributed by atoms with Crippen LogP contribution >= 0.6 is 12.4 Å². The summed E-state index contributed by atoms with van der Waals surface area (Å²) in [4.78, 5) is 10.7. The van der Waals surface area contributed by atoms with Gasteiger partial charge in [-0.2, -0.15) is 0 Å². The SMILES string of the molecule is CCCC=C(C)C(=O)NN.Cl. The van der Waals surface area contributed by atoms with Gasteiger partial charge in [-0.25, -0.2) is 5.84 Å². The Labute approximate surface area is 73.4 Å². The lowest BCUT2D eigenvalue weighted by Gasteiger charge is -1.96. The van der Waals surface area contributed by atoms with Gasteiger partial charge < -0.3 is 0 Å². The average Bonchev–Trinajstić information content (AvgIpc) is 1.98. The van der Waals surface area contributed by atoms with Gasteiger partial charge in [0.05, 0.1) is 0 Å². The van der Waals surface area contributed by atoms with E-state index < -0.39 is 0 Å². The van der Waals surface area contributed by atoms with Gasteiger partial charge in [0.1, 0.15) is 0 Å². The quantitative estimate of drug-likeness (QED) is 0.295. The van der Waals surface area contributed by atoms with E-state index in [4.69, 9.17) is 5.84 Å². The number of allylic oxidation sites excluding steroid dienone is 1. The average molecular weight is 179 g/mol. The van der Waals surface area contributed by atoms with Crippen molar-refractivity contribution in [3.63, 3.8) is 0 Å². The molecule has 0 fully saturated rings. The van der Waals surface area contributed by atoms with E-state index in [2.05, 4.69) is 12.3 Å². The molecule has 0 aliphatic heterocycles. The Hall–Kier alpha value is -0.540. The van der Waals surface area contributed by atoms with E-state index >= 15 is 0 Å². The molecule has 0 atom stereocenters. The smallest absolute Gasteiger partial charge is 0.260 e. The van der Waals surface area contributed by atoms with Crippen molar-refractivity contribution in [2.24, 2.45) is 5.84 Å². The second kappa shape index (κ2) is 7.57. The molecule has 3 nitrogen and oxygen atoms in total. The lowest BCUT2D eigenvalue weighted by molar-refractivity contribution is -0.117. The molecule has 0 heterocycles. The molecule has 0 aromatic heterocycles. The monoisotopic (exact) mass is 178 g/mol. The van der Waals surface area contributed by atoms with Crippen molar-refractivity contribution in [2.75, 3.05) is 0 Å². The second-order valence-corrected chi connectivity index (χ2v) is 2.15. The number of hydrogen-bond donors (Lipinski definition) is 2. The molecule has 0 unspecified atom stereocenters. The van der Waals surface area contributed by atoms with Crippen LogP contribution in [0.15, 0.2) is 11.6 Å². The normalized spacial score (nSPS) is 10.3. The van der Waals surface area contributed by atoms with Gasteiger partial charge in [0, 0.05) is 5.57 Å². The summed E-state index contributed by atoms with van der Waals surface area (Å²) in [5, 5.41) is 0. The van der Waals surface area contributed by atoms with E-state index in [9.17, 15) is 4.79 Å². The first-order valence-corrected chi connectivity index (χ1v) is 3.40. The van der Waals surface area contributed by atoms with Crippen LogP contribution in [-0.4, -0.2) is 5.91 Å². The number of carbonyl (C=O) groups is 1. The largest absolute Gasteiger partial charge is 0.290 e. The lowest BCUT2D eigenvalue weighted by atomic mass is 10.2.